The summed E-state index contributed by atoms with van der Waals surface area (Å²) < 4.78 is 0. The van der Waals surface area contributed by atoms with Crippen LogP contribution in [0.4, 0.5) is 4.79 Å². The van der Waals surface area contributed by atoms with Crippen LogP contribution in [-0.2, 0) is 0 Å². The molecule has 0 bridgehead atoms. The monoisotopic (exact) mass is 399 g/mol. The molecule has 0 unspecified atom stereocenters. The van der Waals surface area contributed by atoms with Crippen molar-refractivity contribution >= 4 is 11.6 Å². The van der Waals surface area contributed by atoms with Gasteiger partial charge in [-0.25, -0.2) is 4.79 Å². The highest BCUT2D eigenvalue weighted by molar-refractivity contribution is 5.77. The Balaban J connectivity index is 1.79. The van der Waals surface area contributed by atoms with Gasteiger partial charge in [0.15, 0.2) is 0 Å². The number of benzene rings is 1. The van der Waals surface area contributed by atoms with E-state index in [1.54, 1.807) is 0 Å². The van der Waals surface area contributed by atoms with Crippen LogP contribution < -0.4 is 10.6 Å². The normalized spacial score (nSPS) is 24.2. The van der Waals surface area contributed by atoms with Crippen LogP contribution in [0.25, 0.3) is 5.57 Å². The molecular formula is C24H37N3O2. The van der Waals surface area contributed by atoms with Gasteiger partial charge in [0.2, 0.25) is 0 Å². The maximum atomic E-state index is 12.7. The number of rotatable bonds is 8. The summed E-state index contributed by atoms with van der Waals surface area (Å²) in [6.45, 7) is 7.65. The molecule has 1 aromatic rings. The fraction of sp³-hybridized carbons (Fsp3) is 0.625. The quantitative estimate of drug-likeness (QED) is 0.621. The van der Waals surface area contributed by atoms with Crippen LogP contribution in [0.1, 0.15) is 69.9 Å². The third-order valence-corrected chi connectivity index (χ3v) is 6.18. The third-order valence-electron chi connectivity index (χ3n) is 6.18. The summed E-state index contributed by atoms with van der Waals surface area (Å²) >= 11 is 0. The number of nitrogens with one attached hydrogen (secondary N) is 2. The molecular weight excluding hydrogens is 362 g/mol. The molecule has 0 spiro atoms. The summed E-state index contributed by atoms with van der Waals surface area (Å²) in [5, 5.41) is 16.5. The fourth-order valence-electron chi connectivity index (χ4n) is 4.62. The predicted octanol–water partition coefficient (Wildman–Crippen LogP) is 3.89. The number of allylic oxidation sites excluding steroid dienone is 2. The SMILES string of the molecule is CCCNC(=O)N1[C@H](CO)[C@H](c2ccc(C3=CCCCC3)cc2)[C@H]1CNC(C)C. The number of urea groups is 1. The van der Waals surface area contributed by atoms with Crippen LogP contribution in [0.2, 0.25) is 0 Å². The molecule has 1 saturated heterocycles. The van der Waals surface area contributed by atoms with Gasteiger partial charge in [0.05, 0.1) is 18.7 Å². The molecule has 5 heteroatoms. The van der Waals surface area contributed by atoms with Gasteiger partial charge in [-0.1, -0.05) is 51.1 Å². The zero-order valence-corrected chi connectivity index (χ0v) is 18.2. The Morgan fingerprint density at radius 2 is 1.97 bits per heavy atom. The number of aliphatic hydroxyl groups is 1. The van der Waals surface area contributed by atoms with E-state index in [2.05, 4.69) is 54.8 Å². The molecule has 2 aliphatic rings. The van der Waals surface area contributed by atoms with Gasteiger partial charge in [0.25, 0.3) is 0 Å². The molecule has 1 aliphatic heterocycles. The lowest BCUT2D eigenvalue weighted by Gasteiger charge is -2.55. The lowest BCUT2D eigenvalue weighted by atomic mass is 9.75. The summed E-state index contributed by atoms with van der Waals surface area (Å²) in [7, 11) is 0. The number of aliphatic hydroxyl groups excluding tert-OH is 1. The highest BCUT2D eigenvalue weighted by Gasteiger charge is 2.50. The van der Waals surface area contributed by atoms with E-state index < -0.39 is 0 Å². The van der Waals surface area contributed by atoms with Crippen molar-refractivity contribution < 1.29 is 9.90 Å². The maximum absolute atomic E-state index is 12.7. The molecule has 1 aliphatic carbocycles. The maximum Gasteiger partial charge on any atom is 0.318 e. The average Bonchev–Trinajstić information content (AvgIpc) is 2.72. The number of carbonyl (C=O) groups excluding carboxylic acids is 1. The molecule has 1 aromatic carbocycles. The highest BCUT2D eigenvalue weighted by Crippen LogP contribution is 2.41. The molecule has 1 fully saturated rings. The first-order valence-corrected chi connectivity index (χ1v) is 11.3. The number of amides is 2. The van der Waals surface area contributed by atoms with Gasteiger partial charge in [0.1, 0.15) is 0 Å². The summed E-state index contributed by atoms with van der Waals surface area (Å²) in [6, 6.07) is 8.98. The minimum absolute atomic E-state index is 0.0186. The Labute approximate surface area is 175 Å². The highest BCUT2D eigenvalue weighted by atomic mass is 16.3. The van der Waals surface area contributed by atoms with Crippen molar-refractivity contribution in [2.45, 2.75) is 76.9 Å². The van der Waals surface area contributed by atoms with E-state index in [1.165, 1.54) is 36.0 Å². The lowest BCUT2D eigenvalue weighted by Crippen LogP contribution is -2.70. The van der Waals surface area contributed by atoms with Crippen molar-refractivity contribution in [3.8, 4) is 0 Å². The van der Waals surface area contributed by atoms with Gasteiger partial charge in [-0.15, -0.1) is 0 Å². The zero-order chi connectivity index (χ0) is 20.8. The first-order valence-electron chi connectivity index (χ1n) is 11.3. The van der Waals surface area contributed by atoms with Crippen LogP contribution in [0.5, 0.6) is 0 Å². The minimum Gasteiger partial charge on any atom is -0.394 e. The van der Waals surface area contributed by atoms with E-state index in [9.17, 15) is 9.90 Å². The Morgan fingerprint density at radius 1 is 1.21 bits per heavy atom. The van der Waals surface area contributed by atoms with E-state index in [0.29, 0.717) is 12.6 Å². The lowest BCUT2D eigenvalue weighted by molar-refractivity contribution is -0.00795. The smallest absolute Gasteiger partial charge is 0.318 e. The summed E-state index contributed by atoms with van der Waals surface area (Å²) in [5.74, 6) is 0.146. The number of likely N-dealkylation sites (tertiary alicyclic amines) is 1. The van der Waals surface area contributed by atoms with E-state index in [4.69, 9.17) is 0 Å². The Bertz CT molecular complexity index is 699. The van der Waals surface area contributed by atoms with Gasteiger partial charge in [-0.2, -0.15) is 0 Å². The van der Waals surface area contributed by atoms with Crippen LogP contribution in [0, 0.1) is 0 Å². The van der Waals surface area contributed by atoms with Gasteiger partial charge in [-0.3, -0.25) is 0 Å². The summed E-state index contributed by atoms with van der Waals surface area (Å²) in [5.41, 5.74) is 3.97. The van der Waals surface area contributed by atoms with Crippen molar-refractivity contribution in [3.05, 3.63) is 41.5 Å². The first kappa shape index (κ1) is 21.8. The second-order valence-electron chi connectivity index (χ2n) is 8.64. The van der Waals surface area contributed by atoms with Crippen LogP contribution >= 0.6 is 0 Å². The van der Waals surface area contributed by atoms with Crippen molar-refractivity contribution in [3.63, 3.8) is 0 Å². The molecule has 5 nitrogen and oxygen atoms in total. The van der Waals surface area contributed by atoms with Gasteiger partial charge < -0.3 is 20.6 Å². The Kier molecular flexibility index (Phi) is 7.73. The van der Waals surface area contributed by atoms with Gasteiger partial charge in [-0.05, 0) is 48.8 Å². The number of hydrogen-bond donors (Lipinski definition) is 3. The van der Waals surface area contributed by atoms with Gasteiger partial charge >= 0.3 is 6.03 Å². The zero-order valence-electron chi connectivity index (χ0n) is 18.2. The van der Waals surface area contributed by atoms with E-state index in [0.717, 1.165) is 19.4 Å². The Hall–Kier alpha value is -1.85. The Morgan fingerprint density at radius 3 is 2.55 bits per heavy atom. The van der Waals surface area contributed by atoms with Crippen molar-refractivity contribution in [1.29, 1.82) is 0 Å². The van der Waals surface area contributed by atoms with E-state index in [1.807, 2.05) is 11.8 Å². The van der Waals surface area contributed by atoms with E-state index in [-0.39, 0.29) is 30.6 Å². The molecule has 29 heavy (non-hydrogen) atoms. The van der Waals surface area contributed by atoms with Crippen LogP contribution in [-0.4, -0.2) is 53.9 Å². The van der Waals surface area contributed by atoms with Gasteiger partial charge in [0, 0.05) is 25.0 Å². The molecule has 0 aromatic heterocycles. The predicted molar refractivity (Wildman–Crippen MR) is 119 cm³/mol. The molecule has 3 N–H and O–H groups in total. The van der Waals surface area contributed by atoms with Crippen LogP contribution in [0.15, 0.2) is 30.3 Å². The standard InChI is InChI=1S/C24H37N3O2/c1-4-14-25-24(29)27-21(15-26-17(2)3)23(22(27)16-28)20-12-10-19(11-13-20)18-8-6-5-7-9-18/h8,10-13,17,21-23,26,28H,4-7,9,14-16H2,1-3H3,(H,25,29)/t21-,22-,23-/m1/s1. The summed E-state index contributed by atoms with van der Waals surface area (Å²) in [4.78, 5) is 14.6. The fourth-order valence-corrected chi connectivity index (χ4v) is 4.62. The largest absolute Gasteiger partial charge is 0.394 e. The third kappa shape index (κ3) is 5.01. The molecule has 1 heterocycles. The molecule has 160 valence electrons. The van der Waals surface area contributed by atoms with E-state index >= 15 is 0 Å². The first-order chi connectivity index (χ1) is 14.1. The summed E-state index contributed by atoms with van der Waals surface area (Å²) in [6.07, 6.45) is 8.17. The minimum atomic E-state index is -0.175. The van der Waals surface area contributed by atoms with Crippen LogP contribution in [0.3, 0.4) is 0 Å². The molecule has 3 atom stereocenters. The number of carbonyl (C=O) groups is 1. The average molecular weight is 400 g/mol. The van der Waals surface area contributed by atoms with Crippen molar-refractivity contribution in [2.24, 2.45) is 0 Å². The molecule has 3 rings (SSSR count). The molecule has 0 radical (unpaired) electrons. The van der Waals surface area contributed by atoms with Crippen molar-refractivity contribution in [2.75, 3.05) is 19.7 Å². The number of nitrogens with zero attached hydrogens (tertiary/aromatic N) is 1. The second kappa shape index (κ2) is 10.3. The number of hydrogen-bond acceptors (Lipinski definition) is 3. The molecule has 2 amide bonds. The second-order valence-corrected chi connectivity index (χ2v) is 8.64. The topological polar surface area (TPSA) is 64.6 Å². The molecule has 0 saturated carbocycles. The van der Waals surface area contributed by atoms with Crippen molar-refractivity contribution in [1.82, 2.24) is 15.5 Å².